The first-order chi connectivity index (χ1) is 14.1. The van der Waals surface area contributed by atoms with Gasteiger partial charge in [0.05, 0.1) is 0 Å². The zero-order valence-corrected chi connectivity index (χ0v) is 22.0. The van der Waals surface area contributed by atoms with Crippen molar-refractivity contribution in [2.75, 3.05) is 0 Å². The van der Waals surface area contributed by atoms with Crippen LogP contribution in [0.2, 0.25) is 0 Å². The zero-order valence-electron chi connectivity index (χ0n) is 22.0. The molecular formula is C28H54O. The van der Waals surface area contributed by atoms with Crippen LogP contribution in [-0.4, -0.2) is 0 Å². The Labute approximate surface area is 186 Å². The third-order valence-corrected chi connectivity index (χ3v) is 1.86. The van der Waals surface area contributed by atoms with Crippen molar-refractivity contribution in [3.05, 3.63) is 98.6 Å². The predicted molar refractivity (Wildman–Crippen MR) is 144 cm³/mol. The Morgan fingerprint density at radius 1 is 0.517 bits per heavy atom. The lowest BCUT2D eigenvalue weighted by Gasteiger charge is -2.04. The zero-order chi connectivity index (χ0) is 24.9. The van der Waals surface area contributed by atoms with Gasteiger partial charge in [-0.2, -0.15) is 0 Å². The highest BCUT2D eigenvalue weighted by molar-refractivity contribution is 5.16. The van der Waals surface area contributed by atoms with Gasteiger partial charge < -0.3 is 4.74 Å². The maximum Gasteiger partial charge on any atom is 0.122 e. The van der Waals surface area contributed by atoms with E-state index in [0.29, 0.717) is 0 Å². The molecule has 0 unspecified atom stereocenters. The molecule has 0 aliphatic carbocycles. The highest BCUT2D eigenvalue weighted by atomic mass is 16.5. The first-order valence-corrected chi connectivity index (χ1v) is 10.8. The minimum absolute atomic E-state index is 0.748. The van der Waals surface area contributed by atoms with E-state index in [9.17, 15) is 0 Å². The van der Waals surface area contributed by atoms with Gasteiger partial charge in [0.2, 0.25) is 0 Å². The van der Waals surface area contributed by atoms with Crippen LogP contribution in [0.1, 0.15) is 83.1 Å². The summed E-state index contributed by atoms with van der Waals surface area (Å²) in [5, 5.41) is 0. The molecular weight excluding hydrogens is 352 g/mol. The average molecular weight is 407 g/mol. The maximum atomic E-state index is 5.33. The Morgan fingerprint density at radius 3 is 0.828 bits per heavy atom. The summed E-state index contributed by atoms with van der Waals surface area (Å²) in [6, 6.07) is 0. The normalized spacial score (nSPS) is 8.69. The molecule has 1 nitrogen and oxygen atoms in total. The molecule has 172 valence electrons. The van der Waals surface area contributed by atoms with E-state index in [2.05, 4.69) is 26.3 Å². The van der Waals surface area contributed by atoms with Crippen LogP contribution >= 0.6 is 0 Å². The lowest BCUT2D eigenvalue weighted by Crippen LogP contribution is -1.86. The molecule has 0 amide bonds. The fourth-order valence-electron chi connectivity index (χ4n) is 0.845. The van der Waals surface area contributed by atoms with Gasteiger partial charge in [-0.15, -0.1) is 0 Å². The summed E-state index contributed by atoms with van der Waals surface area (Å²) < 4.78 is 5.33. The Kier molecular flexibility index (Phi) is 114. The van der Waals surface area contributed by atoms with Crippen LogP contribution in [0.5, 0.6) is 0 Å². The summed E-state index contributed by atoms with van der Waals surface area (Å²) in [5.74, 6) is 1.50. The van der Waals surface area contributed by atoms with Crippen LogP contribution in [0, 0.1) is 0 Å². The van der Waals surface area contributed by atoms with Gasteiger partial charge in [0.15, 0.2) is 0 Å². The van der Waals surface area contributed by atoms with Crippen molar-refractivity contribution in [3.8, 4) is 0 Å². The molecule has 0 atom stereocenters. The first-order valence-electron chi connectivity index (χ1n) is 10.8. The van der Waals surface area contributed by atoms with Gasteiger partial charge in [0, 0.05) is 0 Å². The molecule has 0 N–H and O–H groups in total. The van der Waals surface area contributed by atoms with E-state index in [1.54, 1.807) is 24.3 Å². The Bertz CT molecular complexity index is 353. The van der Waals surface area contributed by atoms with Crippen LogP contribution < -0.4 is 0 Å². The molecule has 0 spiro atoms. The van der Waals surface area contributed by atoms with E-state index < -0.39 is 0 Å². The molecule has 0 aliphatic rings. The molecule has 0 rings (SSSR count). The molecule has 1 heteroatoms. The van der Waals surface area contributed by atoms with E-state index in [4.69, 9.17) is 4.74 Å². The average Bonchev–Trinajstić information content (AvgIpc) is 2.82. The lowest BCUT2D eigenvalue weighted by molar-refractivity contribution is 0.335. The van der Waals surface area contributed by atoms with Gasteiger partial charge in [-0.3, -0.25) is 0 Å². The topological polar surface area (TPSA) is 9.23 Å². The number of hydrogen-bond acceptors (Lipinski definition) is 1. The number of rotatable bonds is 6. The molecule has 0 saturated carbocycles. The molecule has 0 aromatic heterocycles. The third-order valence-electron chi connectivity index (χ3n) is 1.86. The van der Waals surface area contributed by atoms with Gasteiger partial charge in [0.1, 0.15) is 11.5 Å². The highest BCUT2D eigenvalue weighted by Crippen LogP contribution is 2.07. The fourth-order valence-corrected chi connectivity index (χ4v) is 0.845. The third kappa shape index (κ3) is 76.9. The molecule has 0 saturated heterocycles. The molecule has 0 fully saturated rings. The van der Waals surface area contributed by atoms with Crippen LogP contribution in [0.4, 0.5) is 0 Å². The first kappa shape index (κ1) is 45.5. The summed E-state index contributed by atoms with van der Waals surface area (Å²) in [6.45, 7) is 37.8. The molecule has 0 radical (unpaired) electrons. The SMILES string of the molecule is C=C/C(=C\C)O/C(C=C)=C/C.C=C/C=C\C.C=C/C=C\C.CC.CC.CC.CC. The maximum absolute atomic E-state index is 5.33. The van der Waals surface area contributed by atoms with Gasteiger partial charge in [-0.05, 0) is 52.0 Å². The van der Waals surface area contributed by atoms with Crippen LogP contribution in [-0.2, 0) is 4.74 Å². The van der Waals surface area contributed by atoms with Crippen molar-refractivity contribution in [1.82, 2.24) is 0 Å². The van der Waals surface area contributed by atoms with Crippen molar-refractivity contribution in [3.63, 3.8) is 0 Å². The second kappa shape index (κ2) is 72.5. The molecule has 0 bridgehead atoms. The summed E-state index contributed by atoms with van der Waals surface area (Å²) in [5.41, 5.74) is 0. The number of allylic oxidation sites excluding steroid dienone is 10. The smallest absolute Gasteiger partial charge is 0.122 e. The molecule has 0 aromatic carbocycles. The van der Waals surface area contributed by atoms with Crippen molar-refractivity contribution >= 4 is 0 Å². The van der Waals surface area contributed by atoms with E-state index in [0.717, 1.165) is 11.5 Å². The van der Waals surface area contributed by atoms with Gasteiger partial charge >= 0.3 is 0 Å². The van der Waals surface area contributed by atoms with Crippen LogP contribution in [0.25, 0.3) is 0 Å². The van der Waals surface area contributed by atoms with Crippen molar-refractivity contribution in [2.24, 2.45) is 0 Å². The van der Waals surface area contributed by atoms with Gasteiger partial charge in [-0.1, -0.05) is 118 Å². The quantitative estimate of drug-likeness (QED) is 0.315. The Balaban J connectivity index is -0.0000000456. The second-order valence-corrected chi connectivity index (χ2v) is 3.42. The predicted octanol–water partition coefficient (Wildman–Crippen LogP) is 10.8. The van der Waals surface area contributed by atoms with E-state index in [-0.39, 0.29) is 0 Å². The number of hydrogen-bond donors (Lipinski definition) is 0. The molecule has 0 heterocycles. The lowest BCUT2D eigenvalue weighted by atomic mass is 10.4. The highest BCUT2D eigenvalue weighted by Gasteiger charge is 1.91. The largest absolute Gasteiger partial charge is 0.458 e. The second-order valence-electron chi connectivity index (χ2n) is 3.42. The molecule has 0 aliphatic heterocycles. The van der Waals surface area contributed by atoms with Crippen LogP contribution in [0.15, 0.2) is 98.6 Å². The van der Waals surface area contributed by atoms with Crippen molar-refractivity contribution in [1.29, 1.82) is 0 Å². The molecule has 0 aromatic rings. The number of ether oxygens (including phenoxy) is 1. The van der Waals surface area contributed by atoms with Gasteiger partial charge in [0.25, 0.3) is 0 Å². The summed E-state index contributed by atoms with van der Waals surface area (Å²) in [6.07, 6.45) is 18.2. The van der Waals surface area contributed by atoms with E-state index in [1.165, 1.54) is 0 Å². The Hall–Kier alpha value is -2.28. The fraction of sp³-hybridized carbons (Fsp3) is 0.429. The van der Waals surface area contributed by atoms with Gasteiger partial charge in [-0.25, -0.2) is 0 Å². The minimum atomic E-state index is 0.748. The standard InChI is InChI=1S/C10H14O.2C5H8.4C2H6/c1-5-9(6-2)11-10(7-3)8-4;2*1-3-5-4-2;4*1-2/h5-8H,1,3H2,2,4H3;2*3-5H,1H2,2H3;4*1-2H3/b9-6+,10-8+;2*5-4-;;;;. The van der Waals surface area contributed by atoms with E-state index in [1.807, 2.05) is 120 Å². The van der Waals surface area contributed by atoms with Crippen LogP contribution in [0.3, 0.4) is 0 Å². The Morgan fingerprint density at radius 2 is 0.759 bits per heavy atom. The minimum Gasteiger partial charge on any atom is -0.458 e. The molecule has 29 heavy (non-hydrogen) atoms. The van der Waals surface area contributed by atoms with E-state index >= 15 is 0 Å². The van der Waals surface area contributed by atoms with Crippen molar-refractivity contribution in [2.45, 2.75) is 83.1 Å². The monoisotopic (exact) mass is 406 g/mol. The summed E-state index contributed by atoms with van der Waals surface area (Å²) >= 11 is 0. The van der Waals surface area contributed by atoms with Crippen molar-refractivity contribution < 1.29 is 4.74 Å². The summed E-state index contributed by atoms with van der Waals surface area (Å²) in [7, 11) is 0. The summed E-state index contributed by atoms with van der Waals surface area (Å²) in [4.78, 5) is 0.